The molecule has 1 saturated carbocycles. The molecule has 0 amide bonds. The van der Waals surface area contributed by atoms with Crippen molar-refractivity contribution in [3.8, 4) is 0 Å². The molecule has 2 aliphatic rings. The lowest BCUT2D eigenvalue weighted by molar-refractivity contribution is -0.115. The van der Waals surface area contributed by atoms with Crippen molar-refractivity contribution in [3.05, 3.63) is 6.33 Å². The van der Waals surface area contributed by atoms with Crippen molar-refractivity contribution in [2.75, 3.05) is 24.3 Å². The molecule has 1 aliphatic heterocycles. The summed E-state index contributed by atoms with van der Waals surface area (Å²) >= 11 is 0. The summed E-state index contributed by atoms with van der Waals surface area (Å²) < 4.78 is 21.6. The van der Waals surface area contributed by atoms with E-state index < -0.39 is 30.7 Å². The van der Waals surface area contributed by atoms with Crippen LogP contribution in [-0.4, -0.2) is 67.3 Å². The van der Waals surface area contributed by atoms with Crippen LogP contribution >= 0.6 is 0 Å². The number of nitrogens with zero attached hydrogens (tertiary/aromatic N) is 5. The summed E-state index contributed by atoms with van der Waals surface area (Å²) in [4.78, 5) is 14.8. The molecule has 0 radical (unpaired) electrons. The lowest BCUT2D eigenvalue weighted by atomic mass is 9.99. The van der Waals surface area contributed by atoms with Crippen molar-refractivity contribution in [3.63, 3.8) is 0 Å². The highest BCUT2D eigenvalue weighted by atomic mass is 19.1. The van der Waals surface area contributed by atoms with Gasteiger partial charge in [0.2, 0.25) is 5.95 Å². The normalized spacial score (nSPS) is 32.4. The number of anilines is 2. The lowest BCUT2D eigenvalue weighted by Gasteiger charge is -2.24. The van der Waals surface area contributed by atoms with Gasteiger partial charge in [0, 0.05) is 13.1 Å². The molecule has 0 bridgehead atoms. The molecular formula is C15H21FN6O3. The number of imidazole rings is 1. The zero-order valence-electron chi connectivity index (χ0n) is 14.0. The molecule has 4 atom stereocenters. The molecule has 9 nitrogen and oxygen atoms in total. The van der Waals surface area contributed by atoms with E-state index in [9.17, 15) is 14.6 Å². The Bertz CT molecular complexity index is 812. The van der Waals surface area contributed by atoms with Crippen LogP contribution in [0, 0.1) is 0 Å². The van der Waals surface area contributed by atoms with Crippen LogP contribution < -0.4 is 10.6 Å². The predicted molar refractivity (Wildman–Crippen MR) is 87.7 cm³/mol. The molecule has 4 N–H and O–H groups in total. The number of nitrogen functional groups attached to an aromatic ring is 1. The largest absolute Gasteiger partial charge is 0.393 e. The molecule has 2 aromatic rings. The molecule has 3 heterocycles. The van der Waals surface area contributed by atoms with E-state index in [0.717, 1.165) is 12.8 Å². The average molecular weight is 352 g/mol. The molecule has 10 heteroatoms. The summed E-state index contributed by atoms with van der Waals surface area (Å²) in [7, 11) is 1.91. The number of hydrogen-bond acceptors (Lipinski definition) is 8. The van der Waals surface area contributed by atoms with Gasteiger partial charge in [0.25, 0.3) is 0 Å². The van der Waals surface area contributed by atoms with Gasteiger partial charge in [-0.2, -0.15) is 9.97 Å². The summed E-state index contributed by atoms with van der Waals surface area (Å²) in [6.07, 6.45) is -0.825. The first kappa shape index (κ1) is 16.4. The molecule has 136 valence electrons. The van der Waals surface area contributed by atoms with E-state index in [1.54, 1.807) is 0 Å². The van der Waals surface area contributed by atoms with Crippen molar-refractivity contribution >= 4 is 22.9 Å². The maximum absolute atomic E-state index is 14.6. The van der Waals surface area contributed by atoms with Crippen LogP contribution in [0.15, 0.2) is 6.33 Å². The Hall–Kier alpha value is -2.04. The third-order valence-corrected chi connectivity index (χ3v) is 5.03. The number of aliphatic hydroxyl groups excluding tert-OH is 2. The number of alkyl halides is 1. The minimum absolute atomic E-state index is 0.0515. The fourth-order valence-electron chi connectivity index (χ4n) is 3.23. The fraction of sp³-hybridized carbons (Fsp3) is 0.667. The van der Waals surface area contributed by atoms with Crippen LogP contribution in [0.25, 0.3) is 11.2 Å². The smallest absolute Gasteiger partial charge is 0.224 e. The Morgan fingerprint density at radius 2 is 2.20 bits per heavy atom. The highest BCUT2D eigenvalue weighted by Crippen LogP contribution is 2.40. The van der Waals surface area contributed by atoms with Gasteiger partial charge < -0.3 is 25.6 Å². The van der Waals surface area contributed by atoms with Gasteiger partial charge in [-0.15, -0.1) is 0 Å². The van der Waals surface area contributed by atoms with Crippen LogP contribution in [0.3, 0.4) is 0 Å². The van der Waals surface area contributed by atoms with Gasteiger partial charge in [0.15, 0.2) is 29.4 Å². The summed E-state index contributed by atoms with van der Waals surface area (Å²) in [5, 5.41) is 19.5. The van der Waals surface area contributed by atoms with Gasteiger partial charge in [0.05, 0.1) is 12.9 Å². The second-order valence-electron chi connectivity index (χ2n) is 6.94. The van der Waals surface area contributed by atoms with Gasteiger partial charge in [-0.1, -0.05) is 0 Å². The van der Waals surface area contributed by atoms with Gasteiger partial charge in [-0.05, 0) is 19.8 Å². The van der Waals surface area contributed by atoms with Crippen molar-refractivity contribution in [1.29, 1.82) is 0 Å². The molecule has 0 spiro atoms. The predicted octanol–water partition coefficient (Wildman–Crippen LogP) is -0.0141. The van der Waals surface area contributed by atoms with Gasteiger partial charge >= 0.3 is 0 Å². The van der Waals surface area contributed by atoms with Crippen LogP contribution in [0.4, 0.5) is 16.2 Å². The van der Waals surface area contributed by atoms with E-state index in [2.05, 4.69) is 15.0 Å². The highest BCUT2D eigenvalue weighted by Gasteiger charge is 2.53. The number of nitrogens with two attached hydrogens (primary N) is 1. The van der Waals surface area contributed by atoms with E-state index in [1.807, 2.05) is 11.9 Å². The zero-order valence-corrected chi connectivity index (χ0v) is 14.0. The Balaban J connectivity index is 1.79. The zero-order chi connectivity index (χ0) is 17.9. The maximum atomic E-state index is 14.6. The summed E-state index contributed by atoms with van der Waals surface area (Å²) in [6, 6.07) is 0.388. The number of rotatable bonds is 4. The number of ether oxygens (including phenoxy) is 1. The maximum Gasteiger partial charge on any atom is 0.224 e. The lowest BCUT2D eigenvalue weighted by Crippen LogP contribution is -2.42. The van der Waals surface area contributed by atoms with Crippen molar-refractivity contribution in [2.45, 2.75) is 49.9 Å². The number of halogens is 1. The molecule has 0 unspecified atom stereocenters. The molecule has 1 aliphatic carbocycles. The minimum atomic E-state index is -1.74. The molecule has 2 aromatic heterocycles. The number of aliphatic hydroxyl groups is 2. The Morgan fingerprint density at radius 1 is 1.48 bits per heavy atom. The summed E-state index contributed by atoms with van der Waals surface area (Å²) in [5.41, 5.74) is 5.26. The number of hydrogen-bond donors (Lipinski definition) is 3. The van der Waals surface area contributed by atoms with Crippen molar-refractivity contribution in [2.24, 2.45) is 0 Å². The first-order chi connectivity index (χ1) is 11.9. The third kappa shape index (κ3) is 2.43. The Kier molecular flexibility index (Phi) is 3.60. The molecule has 2 fully saturated rings. The quantitative estimate of drug-likeness (QED) is 0.702. The molecule has 4 rings (SSSR count). The minimum Gasteiger partial charge on any atom is -0.393 e. The van der Waals surface area contributed by atoms with Gasteiger partial charge in [-0.25, -0.2) is 9.37 Å². The van der Waals surface area contributed by atoms with Gasteiger partial charge in [0.1, 0.15) is 11.7 Å². The first-order valence-electron chi connectivity index (χ1n) is 8.19. The van der Waals surface area contributed by atoms with Crippen LogP contribution in [-0.2, 0) is 4.74 Å². The van der Waals surface area contributed by atoms with E-state index in [4.69, 9.17) is 10.5 Å². The standard InChI is InChI=1S/C15H21FN6O3/c1-15(5-23)10(24)8(16)13(25-15)22-6-18-9-11(21(2)7-3-4-7)19-14(17)20-12(9)22/h6-8,10,13,23-24H,3-5H2,1-2H3,(H2,17,19,20)/t8-,10+,13-,15-/m1/s1. The Labute approximate surface area is 143 Å². The van der Waals surface area contributed by atoms with Crippen molar-refractivity contribution < 1.29 is 19.3 Å². The topological polar surface area (TPSA) is 123 Å². The third-order valence-electron chi connectivity index (χ3n) is 5.03. The van der Waals surface area contributed by atoms with Gasteiger partial charge in [-0.3, -0.25) is 4.57 Å². The van der Waals surface area contributed by atoms with E-state index >= 15 is 0 Å². The summed E-state index contributed by atoms with van der Waals surface area (Å²) in [6.45, 7) is 0.948. The second-order valence-corrected chi connectivity index (χ2v) is 6.94. The molecule has 0 aromatic carbocycles. The fourth-order valence-corrected chi connectivity index (χ4v) is 3.23. The molecule has 1 saturated heterocycles. The van der Waals surface area contributed by atoms with Crippen LogP contribution in [0.1, 0.15) is 26.0 Å². The number of aromatic nitrogens is 4. The highest BCUT2D eigenvalue weighted by molar-refractivity contribution is 5.85. The second kappa shape index (κ2) is 5.48. The van der Waals surface area contributed by atoms with E-state index in [1.165, 1.54) is 17.8 Å². The Morgan fingerprint density at radius 3 is 2.80 bits per heavy atom. The average Bonchev–Trinajstić information content (AvgIpc) is 3.33. The van der Waals surface area contributed by atoms with Crippen LogP contribution in [0.5, 0.6) is 0 Å². The molecular weight excluding hydrogens is 331 g/mol. The van der Waals surface area contributed by atoms with Crippen LogP contribution in [0.2, 0.25) is 0 Å². The monoisotopic (exact) mass is 352 g/mol. The van der Waals surface area contributed by atoms with E-state index in [-0.39, 0.29) is 5.95 Å². The summed E-state index contributed by atoms with van der Waals surface area (Å²) in [5.74, 6) is 0.637. The van der Waals surface area contributed by atoms with Crippen molar-refractivity contribution in [1.82, 2.24) is 19.5 Å². The first-order valence-corrected chi connectivity index (χ1v) is 8.19. The SMILES string of the molecule is CN(c1nc(N)nc2c1ncn2[C@@H]1O[C@](C)(CO)[C@@H](O)[C@H]1F)C1CC1. The van der Waals surface area contributed by atoms with E-state index in [0.29, 0.717) is 23.0 Å². The number of fused-ring (bicyclic) bond motifs is 1. The molecule has 25 heavy (non-hydrogen) atoms.